The van der Waals surface area contributed by atoms with E-state index in [1.165, 1.54) is 0 Å². The normalized spacial score (nSPS) is 11.1. The van der Waals surface area contributed by atoms with E-state index in [2.05, 4.69) is 38.0 Å². The minimum atomic E-state index is 0.453. The molecule has 3 rings (SSSR count). The second-order valence-electron chi connectivity index (χ2n) is 4.59. The van der Waals surface area contributed by atoms with E-state index in [1.54, 1.807) is 6.20 Å². The highest BCUT2D eigenvalue weighted by Gasteiger charge is 2.13. The molecule has 96 valence electrons. The Balaban J connectivity index is 2.36. The zero-order chi connectivity index (χ0) is 13.6. The Hall–Kier alpha value is -1.88. The van der Waals surface area contributed by atoms with E-state index in [4.69, 9.17) is 5.73 Å². The first kappa shape index (κ1) is 12.2. The minimum Gasteiger partial charge on any atom is -0.369 e. The van der Waals surface area contributed by atoms with Gasteiger partial charge in [-0.2, -0.15) is 0 Å². The third-order valence-electron chi connectivity index (χ3n) is 3.06. The number of hydrogen-bond donors (Lipinski definition) is 1. The quantitative estimate of drug-likeness (QED) is 0.748. The Bertz CT molecular complexity index is 756. The topological polar surface area (TPSA) is 56.7 Å². The van der Waals surface area contributed by atoms with Gasteiger partial charge in [-0.25, -0.2) is 9.97 Å². The molecule has 3 aromatic rings. The van der Waals surface area contributed by atoms with Crippen molar-refractivity contribution in [3.8, 4) is 5.69 Å². The van der Waals surface area contributed by atoms with Crippen LogP contribution in [-0.2, 0) is 0 Å². The average Bonchev–Trinajstić information content (AvgIpc) is 2.65. The van der Waals surface area contributed by atoms with Crippen LogP contribution in [-0.4, -0.2) is 14.5 Å². The molecule has 4 nitrogen and oxygen atoms in total. The number of nitrogen functional groups attached to an aromatic ring is 1. The van der Waals surface area contributed by atoms with Crippen LogP contribution in [0.2, 0.25) is 0 Å². The number of halogens is 1. The molecule has 2 aromatic heterocycles. The lowest BCUT2D eigenvalue weighted by Crippen LogP contribution is -2.01. The maximum atomic E-state index is 6.05. The maximum absolute atomic E-state index is 6.05. The Morgan fingerprint density at radius 2 is 2.00 bits per heavy atom. The molecule has 0 amide bonds. The first-order chi connectivity index (χ1) is 9.06. The van der Waals surface area contributed by atoms with Gasteiger partial charge in [0.1, 0.15) is 5.52 Å². The minimum absolute atomic E-state index is 0.453. The van der Waals surface area contributed by atoms with E-state index in [0.29, 0.717) is 5.95 Å². The van der Waals surface area contributed by atoms with Crippen LogP contribution in [0.4, 0.5) is 5.95 Å². The van der Waals surface area contributed by atoms with Crippen molar-refractivity contribution in [1.82, 2.24) is 14.5 Å². The van der Waals surface area contributed by atoms with Gasteiger partial charge in [-0.05, 0) is 49.2 Å². The number of hydrogen-bond acceptors (Lipinski definition) is 3. The predicted molar refractivity (Wildman–Crippen MR) is 80.5 cm³/mol. The van der Waals surface area contributed by atoms with Crippen LogP contribution in [0.5, 0.6) is 0 Å². The number of nitrogens with zero attached hydrogens (tertiary/aromatic N) is 3. The van der Waals surface area contributed by atoms with Crippen molar-refractivity contribution >= 4 is 33.0 Å². The molecule has 2 N–H and O–H groups in total. The second kappa shape index (κ2) is 4.35. The number of pyridine rings is 1. The van der Waals surface area contributed by atoms with Crippen molar-refractivity contribution in [2.75, 3.05) is 5.73 Å². The molecule has 0 unspecified atom stereocenters. The molecule has 0 fully saturated rings. The van der Waals surface area contributed by atoms with Crippen molar-refractivity contribution in [3.63, 3.8) is 0 Å². The SMILES string of the molecule is Cc1cc(Br)cc(-n2c(N)nc3c(C)ccnc32)c1. The summed E-state index contributed by atoms with van der Waals surface area (Å²) in [7, 11) is 0. The summed E-state index contributed by atoms with van der Waals surface area (Å²) in [5, 5.41) is 0. The molecular weight excluding hydrogens is 304 g/mol. The molecule has 0 spiro atoms. The van der Waals surface area contributed by atoms with Gasteiger partial charge in [0.15, 0.2) is 5.65 Å². The van der Waals surface area contributed by atoms with E-state index in [1.807, 2.05) is 30.5 Å². The predicted octanol–water partition coefficient (Wildman–Crippen LogP) is 3.38. The van der Waals surface area contributed by atoms with Gasteiger partial charge in [0.25, 0.3) is 0 Å². The van der Waals surface area contributed by atoms with Crippen LogP contribution in [0.1, 0.15) is 11.1 Å². The zero-order valence-corrected chi connectivity index (χ0v) is 12.3. The molecule has 0 aliphatic rings. The van der Waals surface area contributed by atoms with Gasteiger partial charge in [0.05, 0.1) is 5.69 Å². The fourth-order valence-corrected chi connectivity index (χ4v) is 2.81. The molecule has 0 radical (unpaired) electrons. The maximum Gasteiger partial charge on any atom is 0.207 e. The Morgan fingerprint density at radius 3 is 2.74 bits per heavy atom. The van der Waals surface area contributed by atoms with Gasteiger partial charge in [-0.15, -0.1) is 0 Å². The summed E-state index contributed by atoms with van der Waals surface area (Å²) < 4.78 is 2.89. The molecule has 2 heterocycles. The van der Waals surface area contributed by atoms with E-state index >= 15 is 0 Å². The lowest BCUT2D eigenvalue weighted by molar-refractivity contribution is 1.08. The largest absolute Gasteiger partial charge is 0.369 e. The highest BCUT2D eigenvalue weighted by Crippen LogP contribution is 2.26. The number of aromatic nitrogens is 3. The fourth-order valence-electron chi connectivity index (χ4n) is 2.21. The smallest absolute Gasteiger partial charge is 0.207 e. The molecule has 0 saturated heterocycles. The van der Waals surface area contributed by atoms with Gasteiger partial charge in [0, 0.05) is 10.7 Å². The number of anilines is 1. The number of imidazole rings is 1. The van der Waals surface area contributed by atoms with Gasteiger partial charge >= 0.3 is 0 Å². The number of rotatable bonds is 1. The standard InChI is InChI=1S/C14H13BrN4/c1-8-5-10(15)7-11(6-8)19-13-12(18-14(19)16)9(2)3-4-17-13/h3-7H,1-2H3,(H2,16,18). The molecule has 1 aromatic carbocycles. The lowest BCUT2D eigenvalue weighted by Gasteiger charge is -2.07. The summed E-state index contributed by atoms with van der Waals surface area (Å²) in [6.07, 6.45) is 1.78. The molecule has 0 bridgehead atoms. The second-order valence-corrected chi connectivity index (χ2v) is 5.51. The van der Waals surface area contributed by atoms with Crippen molar-refractivity contribution in [2.45, 2.75) is 13.8 Å². The van der Waals surface area contributed by atoms with E-state index < -0.39 is 0 Å². The van der Waals surface area contributed by atoms with Crippen molar-refractivity contribution < 1.29 is 0 Å². The lowest BCUT2D eigenvalue weighted by atomic mass is 10.2. The van der Waals surface area contributed by atoms with Gasteiger partial charge in [-0.1, -0.05) is 15.9 Å². The highest BCUT2D eigenvalue weighted by molar-refractivity contribution is 9.10. The van der Waals surface area contributed by atoms with Gasteiger partial charge < -0.3 is 5.73 Å². The van der Waals surface area contributed by atoms with Crippen LogP contribution < -0.4 is 5.73 Å². The Kier molecular flexibility index (Phi) is 2.78. The zero-order valence-electron chi connectivity index (χ0n) is 10.7. The number of aryl methyl sites for hydroxylation is 2. The molecule has 0 saturated carbocycles. The molecular formula is C14H13BrN4. The number of benzene rings is 1. The summed E-state index contributed by atoms with van der Waals surface area (Å²) in [6, 6.07) is 8.06. The number of nitrogens with two attached hydrogens (primary N) is 1. The van der Waals surface area contributed by atoms with Crippen LogP contribution in [0, 0.1) is 13.8 Å². The van der Waals surface area contributed by atoms with E-state index in [-0.39, 0.29) is 0 Å². The average molecular weight is 317 g/mol. The third kappa shape index (κ3) is 2.00. The molecule has 0 aliphatic carbocycles. The van der Waals surface area contributed by atoms with Crippen molar-refractivity contribution in [1.29, 1.82) is 0 Å². The summed E-state index contributed by atoms with van der Waals surface area (Å²) in [6.45, 7) is 4.05. The molecule has 19 heavy (non-hydrogen) atoms. The molecule has 5 heteroatoms. The molecule has 0 aliphatic heterocycles. The van der Waals surface area contributed by atoms with Crippen LogP contribution in [0.3, 0.4) is 0 Å². The fraction of sp³-hybridized carbons (Fsp3) is 0.143. The Labute approximate surface area is 119 Å². The first-order valence-corrected chi connectivity index (χ1v) is 6.72. The van der Waals surface area contributed by atoms with Crippen LogP contribution >= 0.6 is 15.9 Å². The summed E-state index contributed by atoms with van der Waals surface area (Å²) in [4.78, 5) is 8.81. The number of fused-ring (bicyclic) bond motifs is 1. The van der Waals surface area contributed by atoms with Crippen molar-refractivity contribution in [2.24, 2.45) is 0 Å². The van der Waals surface area contributed by atoms with Gasteiger partial charge in [0.2, 0.25) is 5.95 Å². The summed E-state index contributed by atoms with van der Waals surface area (Å²) >= 11 is 3.51. The van der Waals surface area contributed by atoms with Crippen molar-refractivity contribution in [3.05, 3.63) is 46.1 Å². The summed E-state index contributed by atoms with van der Waals surface area (Å²) in [5.74, 6) is 0.453. The van der Waals surface area contributed by atoms with E-state index in [0.717, 1.165) is 32.5 Å². The Morgan fingerprint density at radius 1 is 1.21 bits per heavy atom. The summed E-state index contributed by atoms with van der Waals surface area (Å²) in [5.41, 5.74) is 10.9. The third-order valence-corrected chi connectivity index (χ3v) is 3.52. The van der Waals surface area contributed by atoms with Crippen LogP contribution in [0.25, 0.3) is 16.9 Å². The monoisotopic (exact) mass is 316 g/mol. The van der Waals surface area contributed by atoms with Gasteiger partial charge in [-0.3, -0.25) is 4.57 Å². The van der Waals surface area contributed by atoms with Crippen LogP contribution in [0.15, 0.2) is 34.9 Å². The van der Waals surface area contributed by atoms with E-state index in [9.17, 15) is 0 Å². The highest BCUT2D eigenvalue weighted by atomic mass is 79.9. The molecule has 0 atom stereocenters. The first-order valence-electron chi connectivity index (χ1n) is 5.93.